The topological polar surface area (TPSA) is 136 Å². The molecule has 0 radical (unpaired) electrons. The van der Waals surface area contributed by atoms with Crippen LogP contribution in [0.25, 0.3) is 22.4 Å². The number of hydrogen-bond donors (Lipinski definition) is 2. The third kappa shape index (κ3) is 6.04. The lowest BCUT2D eigenvalue weighted by Gasteiger charge is -2.36. The number of esters is 1. The van der Waals surface area contributed by atoms with Crippen LogP contribution in [0.15, 0.2) is 53.8 Å². The zero-order valence-corrected chi connectivity index (χ0v) is 24.0. The smallest absolute Gasteiger partial charge is 0.308 e. The predicted molar refractivity (Wildman–Crippen MR) is 152 cm³/mol. The van der Waals surface area contributed by atoms with Crippen LogP contribution in [0, 0.1) is 12.7 Å². The molecule has 1 aliphatic rings. The molecule has 2 atom stereocenters. The standard InChI is InChI=1S/C28H29ClFN5O5S/c1-3-40-24(36)13-28(37)10-4-5-19(12-28)33-26-23(30)15-31-25(34-26)22-16-35(27-21(22)11-18(29)14-32-27)41(38,39)20-8-6-17(2)7-9-20/h6-9,11,14-16,19,37H,3-5,10,12-13H2,1-2H3,(H,31,33,34)/t19-,28+/m0/s1. The van der Waals surface area contributed by atoms with Crippen molar-refractivity contribution in [2.75, 3.05) is 11.9 Å². The fraction of sp³-hybridized carbons (Fsp3) is 0.357. The Hall–Kier alpha value is -3.61. The van der Waals surface area contributed by atoms with Gasteiger partial charge in [0.05, 0.1) is 34.7 Å². The van der Waals surface area contributed by atoms with Crippen LogP contribution >= 0.6 is 11.6 Å². The summed E-state index contributed by atoms with van der Waals surface area (Å²) >= 11 is 6.21. The van der Waals surface area contributed by atoms with Crippen LogP contribution in [0.2, 0.25) is 5.02 Å². The Balaban J connectivity index is 1.50. The van der Waals surface area contributed by atoms with Gasteiger partial charge in [-0.3, -0.25) is 4.79 Å². The number of carbonyl (C=O) groups excluding carboxylic acids is 1. The van der Waals surface area contributed by atoms with Crippen molar-refractivity contribution >= 4 is 44.4 Å². The van der Waals surface area contributed by atoms with Gasteiger partial charge in [0.2, 0.25) is 0 Å². The van der Waals surface area contributed by atoms with Gasteiger partial charge in [-0.1, -0.05) is 29.3 Å². The molecule has 1 saturated carbocycles. The molecule has 2 N–H and O–H groups in total. The molecule has 13 heteroatoms. The van der Waals surface area contributed by atoms with E-state index in [4.69, 9.17) is 16.3 Å². The Morgan fingerprint density at radius 2 is 2.02 bits per heavy atom. The number of aliphatic hydroxyl groups is 1. The summed E-state index contributed by atoms with van der Waals surface area (Å²) in [6, 6.07) is 7.59. The van der Waals surface area contributed by atoms with E-state index in [-0.39, 0.29) is 58.3 Å². The van der Waals surface area contributed by atoms with Gasteiger partial charge >= 0.3 is 5.97 Å². The minimum Gasteiger partial charge on any atom is -0.466 e. The minimum absolute atomic E-state index is 0.0541. The van der Waals surface area contributed by atoms with Crippen molar-refractivity contribution in [1.82, 2.24) is 18.9 Å². The lowest BCUT2D eigenvalue weighted by Crippen LogP contribution is -2.42. The molecule has 1 aliphatic carbocycles. The molecule has 0 bridgehead atoms. The first-order valence-electron chi connectivity index (χ1n) is 13.2. The zero-order valence-electron chi connectivity index (χ0n) is 22.5. The molecule has 0 saturated heterocycles. The van der Waals surface area contributed by atoms with Crippen molar-refractivity contribution in [3.8, 4) is 11.4 Å². The van der Waals surface area contributed by atoms with Gasteiger partial charge in [0.25, 0.3) is 10.0 Å². The number of hydrogen-bond acceptors (Lipinski definition) is 9. The molecule has 3 heterocycles. The normalized spacial score (nSPS) is 19.3. The fourth-order valence-electron chi connectivity index (χ4n) is 5.14. The number of nitrogens with one attached hydrogen (secondary N) is 1. The lowest BCUT2D eigenvalue weighted by molar-refractivity contribution is -0.150. The van der Waals surface area contributed by atoms with Crippen molar-refractivity contribution < 1.29 is 27.4 Å². The molecule has 10 nitrogen and oxygen atoms in total. The third-order valence-corrected chi connectivity index (χ3v) is 8.95. The Morgan fingerprint density at radius 3 is 2.76 bits per heavy atom. The first kappa shape index (κ1) is 28.9. The van der Waals surface area contributed by atoms with Crippen LogP contribution < -0.4 is 5.32 Å². The second-order valence-corrected chi connectivity index (χ2v) is 12.5. The SMILES string of the molecule is CCOC(=O)C[C@@]1(O)CCC[C@H](Nc2nc(-c3cn(S(=O)(=O)c4ccc(C)cc4)c4ncc(Cl)cc34)ncc2F)C1. The summed E-state index contributed by atoms with van der Waals surface area (Å²) in [4.78, 5) is 24.9. The van der Waals surface area contributed by atoms with Crippen LogP contribution in [0.3, 0.4) is 0 Å². The number of halogens is 2. The van der Waals surface area contributed by atoms with Gasteiger partial charge in [-0.2, -0.15) is 0 Å². The maximum atomic E-state index is 14.9. The number of aromatic nitrogens is 4. The van der Waals surface area contributed by atoms with Gasteiger partial charge in [-0.25, -0.2) is 31.7 Å². The zero-order chi connectivity index (χ0) is 29.4. The summed E-state index contributed by atoms with van der Waals surface area (Å²) in [5.41, 5.74) is 0.0261. The Labute approximate surface area is 241 Å². The number of fused-ring (bicyclic) bond motifs is 1. The summed E-state index contributed by atoms with van der Waals surface area (Å²) in [5.74, 6) is -1.27. The van der Waals surface area contributed by atoms with Crippen molar-refractivity contribution in [3.63, 3.8) is 0 Å². The van der Waals surface area contributed by atoms with Crippen molar-refractivity contribution in [2.45, 2.75) is 62.5 Å². The Morgan fingerprint density at radius 1 is 1.27 bits per heavy atom. The molecule has 5 rings (SSSR count). The van der Waals surface area contributed by atoms with E-state index >= 15 is 0 Å². The fourth-order valence-corrected chi connectivity index (χ4v) is 6.62. The molecular weight excluding hydrogens is 573 g/mol. The van der Waals surface area contributed by atoms with Crippen LogP contribution in [0.5, 0.6) is 0 Å². The predicted octanol–water partition coefficient (Wildman–Crippen LogP) is 4.87. The molecule has 41 heavy (non-hydrogen) atoms. The van der Waals surface area contributed by atoms with E-state index in [0.29, 0.717) is 24.6 Å². The van der Waals surface area contributed by atoms with E-state index in [1.54, 1.807) is 25.1 Å². The van der Waals surface area contributed by atoms with E-state index in [1.165, 1.54) is 24.5 Å². The molecule has 1 fully saturated rings. The van der Waals surface area contributed by atoms with Gasteiger partial charge in [-0.05, 0) is 57.7 Å². The van der Waals surface area contributed by atoms with E-state index in [9.17, 15) is 22.7 Å². The molecule has 4 aromatic rings. The van der Waals surface area contributed by atoms with Crippen LogP contribution in [-0.2, 0) is 19.6 Å². The summed E-state index contributed by atoms with van der Waals surface area (Å²) in [6.07, 6.45) is 5.38. The van der Waals surface area contributed by atoms with Crippen molar-refractivity contribution in [1.29, 1.82) is 0 Å². The highest BCUT2D eigenvalue weighted by atomic mass is 35.5. The van der Waals surface area contributed by atoms with E-state index < -0.39 is 27.4 Å². The average Bonchev–Trinajstić information content (AvgIpc) is 3.29. The number of pyridine rings is 1. The third-order valence-electron chi connectivity index (χ3n) is 7.08. The molecule has 0 aliphatic heterocycles. The number of carbonyl (C=O) groups is 1. The second kappa shape index (κ2) is 11.3. The largest absolute Gasteiger partial charge is 0.466 e. The summed E-state index contributed by atoms with van der Waals surface area (Å²) in [5, 5.41) is 14.7. The number of aryl methyl sites for hydroxylation is 1. The number of benzene rings is 1. The summed E-state index contributed by atoms with van der Waals surface area (Å²) in [7, 11) is -4.05. The monoisotopic (exact) mass is 601 g/mol. The number of anilines is 1. The average molecular weight is 602 g/mol. The van der Waals surface area contributed by atoms with Crippen LogP contribution in [0.4, 0.5) is 10.2 Å². The Bertz CT molecular complexity index is 1710. The number of nitrogens with zero attached hydrogens (tertiary/aromatic N) is 4. The molecule has 0 unspecified atom stereocenters. The molecule has 0 spiro atoms. The lowest BCUT2D eigenvalue weighted by atomic mass is 9.79. The van der Waals surface area contributed by atoms with E-state index in [2.05, 4.69) is 20.3 Å². The van der Waals surface area contributed by atoms with Gasteiger partial charge < -0.3 is 15.2 Å². The molecular formula is C28H29ClFN5O5S. The number of ether oxygens (including phenoxy) is 1. The molecule has 216 valence electrons. The van der Waals surface area contributed by atoms with E-state index in [0.717, 1.165) is 15.7 Å². The number of rotatable bonds is 8. The van der Waals surface area contributed by atoms with E-state index in [1.807, 2.05) is 6.92 Å². The highest BCUT2D eigenvalue weighted by Crippen LogP contribution is 2.35. The minimum atomic E-state index is -4.05. The van der Waals surface area contributed by atoms with Crippen molar-refractivity contribution in [3.05, 3.63) is 65.3 Å². The maximum Gasteiger partial charge on any atom is 0.308 e. The van der Waals surface area contributed by atoms with Crippen LogP contribution in [-0.4, -0.2) is 56.7 Å². The highest BCUT2D eigenvalue weighted by molar-refractivity contribution is 7.90. The van der Waals surface area contributed by atoms with Gasteiger partial charge in [0, 0.05) is 29.4 Å². The quantitative estimate of drug-likeness (QED) is 0.271. The first-order chi connectivity index (χ1) is 19.5. The second-order valence-electron chi connectivity index (χ2n) is 10.2. The summed E-state index contributed by atoms with van der Waals surface area (Å²) < 4.78 is 48.1. The van der Waals surface area contributed by atoms with Gasteiger partial charge in [-0.15, -0.1) is 0 Å². The summed E-state index contributed by atoms with van der Waals surface area (Å²) in [6.45, 7) is 3.77. The first-order valence-corrected chi connectivity index (χ1v) is 15.0. The molecule has 0 amide bonds. The molecule has 3 aromatic heterocycles. The van der Waals surface area contributed by atoms with Gasteiger partial charge in [0.15, 0.2) is 23.1 Å². The molecule has 1 aromatic carbocycles. The highest BCUT2D eigenvalue weighted by Gasteiger charge is 2.37. The van der Waals surface area contributed by atoms with Crippen molar-refractivity contribution in [2.24, 2.45) is 0 Å². The maximum absolute atomic E-state index is 14.9. The van der Waals surface area contributed by atoms with Crippen LogP contribution in [0.1, 0.15) is 44.6 Å². The Kier molecular flexibility index (Phi) is 8.00. The van der Waals surface area contributed by atoms with Gasteiger partial charge in [0.1, 0.15) is 0 Å².